The Bertz CT molecular complexity index is 1580. The Balaban J connectivity index is 1.19. The van der Waals surface area contributed by atoms with Crippen LogP contribution in [-0.4, -0.2) is 42.3 Å². The molecule has 3 aromatic heterocycles. The predicted molar refractivity (Wildman–Crippen MR) is 138 cm³/mol. The normalized spacial score (nSPS) is 15.7. The van der Waals surface area contributed by atoms with Gasteiger partial charge in [0.25, 0.3) is 5.91 Å². The molecule has 6 rings (SSSR count). The van der Waals surface area contributed by atoms with Gasteiger partial charge in [-0.05, 0) is 49.6 Å². The second-order valence-corrected chi connectivity index (χ2v) is 9.12. The molecular formula is C25H23ClN8O3. The Morgan fingerprint density at radius 1 is 1.14 bits per heavy atom. The summed E-state index contributed by atoms with van der Waals surface area (Å²) < 4.78 is 15.2. The summed E-state index contributed by atoms with van der Waals surface area (Å²) in [5.74, 6) is 0.0287. The molecule has 0 saturated carbocycles. The summed E-state index contributed by atoms with van der Waals surface area (Å²) in [6.07, 6.45) is 7.92. The number of rotatable bonds is 6. The largest absolute Gasteiger partial charge is 0.403 e. The van der Waals surface area contributed by atoms with E-state index in [2.05, 4.69) is 31.0 Å². The van der Waals surface area contributed by atoms with Crippen LogP contribution in [0, 0.1) is 0 Å². The van der Waals surface area contributed by atoms with Gasteiger partial charge in [-0.1, -0.05) is 22.8 Å². The zero-order valence-electron chi connectivity index (χ0n) is 19.9. The minimum atomic E-state index is -0.262. The highest BCUT2D eigenvalue weighted by molar-refractivity contribution is 6.38. The zero-order valence-corrected chi connectivity index (χ0v) is 20.6. The number of ether oxygens (including phenoxy) is 1. The maximum atomic E-state index is 12.4. The van der Waals surface area contributed by atoms with Gasteiger partial charge in [-0.25, -0.2) is 4.68 Å². The van der Waals surface area contributed by atoms with Crippen LogP contribution in [0.25, 0.3) is 22.4 Å². The van der Waals surface area contributed by atoms with Crippen LogP contribution in [0.2, 0.25) is 5.02 Å². The molecule has 1 atom stereocenters. The lowest BCUT2D eigenvalue weighted by Gasteiger charge is -2.23. The van der Waals surface area contributed by atoms with Crippen LogP contribution in [0.1, 0.15) is 35.8 Å². The second-order valence-electron chi connectivity index (χ2n) is 8.75. The van der Waals surface area contributed by atoms with Crippen molar-refractivity contribution < 1.29 is 13.9 Å². The number of aryl methyl sites for hydroxylation is 1. The monoisotopic (exact) mass is 518 g/mol. The van der Waals surface area contributed by atoms with Crippen molar-refractivity contribution in [2.45, 2.75) is 25.5 Å². The highest BCUT2D eigenvalue weighted by Gasteiger charge is 2.21. The van der Waals surface area contributed by atoms with Crippen LogP contribution in [0.3, 0.4) is 0 Å². The topological polar surface area (TPSA) is 125 Å². The summed E-state index contributed by atoms with van der Waals surface area (Å²) in [5.41, 5.74) is 3.22. The molecule has 2 N–H and O–H groups in total. The first-order valence-corrected chi connectivity index (χ1v) is 12.2. The minimum Gasteiger partial charge on any atom is -0.403 e. The molecule has 2 aromatic carbocycles. The Hall–Kier alpha value is -4.22. The maximum absolute atomic E-state index is 12.4. The van der Waals surface area contributed by atoms with Crippen molar-refractivity contribution in [1.29, 1.82) is 0 Å². The average molecular weight is 519 g/mol. The predicted octanol–water partition coefficient (Wildman–Crippen LogP) is 5.17. The third kappa shape index (κ3) is 4.66. The average Bonchev–Trinajstić information content (AvgIpc) is 3.66. The van der Waals surface area contributed by atoms with Gasteiger partial charge in [-0.3, -0.25) is 9.48 Å². The molecule has 0 aliphatic carbocycles. The summed E-state index contributed by atoms with van der Waals surface area (Å²) in [6.45, 7) is 0.735. The molecule has 0 bridgehead atoms. The summed E-state index contributed by atoms with van der Waals surface area (Å²) >= 11 is 6.70. The van der Waals surface area contributed by atoms with Gasteiger partial charge in [-0.15, -0.1) is 5.10 Å². The van der Waals surface area contributed by atoms with Crippen LogP contribution in [0.15, 0.2) is 59.4 Å². The van der Waals surface area contributed by atoms with Crippen LogP contribution >= 0.6 is 11.6 Å². The molecule has 4 heterocycles. The number of carbonyl (C=O) groups is 1. The molecule has 1 aliphatic rings. The summed E-state index contributed by atoms with van der Waals surface area (Å²) in [5, 5.41) is 24.0. The number of amides is 1. The quantitative estimate of drug-likeness (QED) is 0.315. The molecule has 1 unspecified atom stereocenters. The van der Waals surface area contributed by atoms with E-state index in [1.165, 1.54) is 6.20 Å². The van der Waals surface area contributed by atoms with E-state index in [-0.39, 0.29) is 18.1 Å². The standard InChI is InChI=1S/C25H23ClN8O3/c1-33-14-16(12-27-33)23(35)29-17-6-4-5-15(11-17)24-31-32-25(37-24)30-19-8-9-20-18(22(19)26)13-28-34(20)21-7-2-3-10-36-21/h4-6,8-9,11-14,21H,2-3,7,10H2,1H3,(H,29,35)(H,30,32). The van der Waals surface area contributed by atoms with E-state index in [1.807, 2.05) is 22.9 Å². The van der Waals surface area contributed by atoms with E-state index in [0.717, 1.165) is 36.8 Å². The van der Waals surface area contributed by atoms with Gasteiger partial charge >= 0.3 is 6.01 Å². The Labute approximate surface area is 216 Å². The number of aromatic nitrogens is 6. The number of carbonyl (C=O) groups excluding carboxylic acids is 1. The number of benzene rings is 2. The van der Waals surface area contributed by atoms with Crippen molar-refractivity contribution in [3.05, 3.63) is 65.6 Å². The van der Waals surface area contributed by atoms with E-state index in [9.17, 15) is 4.79 Å². The van der Waals surface area contributed by atoms with Crippen molar-refractivity contribution in [3.63, 3.8) is 0 Å². The SMILES string of the molecule is Cn1cc(C(=O)Nc2cccc(-c3nnc(Nc4ccc5c(cnn5C5CCCCO5)c4Cl)o3)c2)cn1. The van der Waals surface area contributed by atoms with Crippen molar-refractivity contribution in [3.8, 4) is 11.5 Å². The van der Waals surface area contributed by atoms with E-state index in [0.29, 0.717) is 33.4 Å². The van der Waals surface area contributed by atoms with Gasteiger partial charge in [0.15, 0.2) is 6.23 Å². The molecule has 11 nitrogen and oxygen atoms in total. The molecule has 1 amide bonds. The molecule has 12 heteroatoms. The van der Waals surface area contributed by atoms with Gasteiger partial charge in [-0.2, -0.15) is 10.2 Å². The molecule has 0 radical (unpaired) electrons. The maximum Gasteiger partial charge on any atom is 0.320 e. The van der Waals surface area contributed by atoms with E-state index in [1.54, 1.807) is 42.3 Å². The van der Waals surface area contributed by atoms with E-state index in [4.69, 9.17) is 20.8 Å². The Morgan fingerprint density at radius 3 is 2.86 bits per heavy atom. The van der Waals surface area contributed by atoms with Crippen molar-refractivity contribution >= 4 is 45.8 Å². The van der Waals surface area contributed by atoms with Gasteiger partial charge < -0.3 is 19.8 Å². The lowest BCUT2D eigenvalue weighted by atomic mass is 10.2. The number of nitrogens with one attached hydrogen (secondary N) is 2. The number of anilines is 3. The van der Waals surface area contributed by atoms with Crippen LogP contribution in [-0.2, 0) is 11.8 Å². The van der Waals surface area contributed by atoms with Gasteiger partial charge in [0.2, 0.25) is 5.89 Å². The van der Waals surface area contributed by atoms with Gasteiger partial charge in [0, 0.05) is 36.5 Å². The smallest absolute Gasteiger partial charge is 0.320 e. The minimum absolute atomic E-state index is 0.0791. The second kappa shape index (κ2) is 9.68. The molecule has 1 saturated heterocycles. The molecule has 188 valence electrons. The van der Waals surface area contributed by atoms with Gasteiger partial charge in [0.05, 0.1) is 34.2 Å². The third-order valence-electron chi connectivity index (χ3n) is 6.14. The first kappa shape index (κ1) is 23.2. The fourth-order valence-corrected chi connectivity index (χ4v) is 4.56. The fourth-order valence-electron chi connectivity index (χ4n) is 4.31. The van der Waals surface area contributed by atoms with E-state index < -0.39 is 0 Å². The number of halogens is 1. The van der Waals surface area contributed by atoms with Crippen LogP contribution < -0.4 is 10.6 Å². The van der Waals surface area contributed by atoms with Crippen molar-refractivity contribution in [2.75, 3.05) is 17.2 Å². The number of fused-ring (bicyclic) bond motifs is 1. The molecule has 1 aliphatic heterocycles. The highest BCUT2D eigenvalue weighted by atomic mass is 35.5. The summed E-state index contributed by atoms with van der Waals surface area (Å²) in [6, 6.07) is 11.1. The first-order valence-electron chi connectivity index (χ1n) is 11.8. The molecule has 0 spiro atoms. The van der Waals surface area contributed by atoms with Crippen molar-refractivity contribution in [1.82, 2.24) is 29.8 Å². The Morgan fingerprint density at radius 2 is 2.05 bits per heavy atom. The Kier molecular flexibility index (Phi) is 6.07. The molecular weight excluding hydrogens is 496 g/mol. The number of hydrogen-bond acceptors (Lipinski definition) is 8. The molecule has 1 fully saturated rings. The van der Waals surface area contributed by atoms with Crippen LogP contribution in [0.4, 0.5) is 17.4 Å². The van der Waals surface area contributed by atoms with Crippen LogP contribution in [0.5, 0.6) is 0 Å². The molecule has 37 heavy (non-hydrogen) atoms. The van der Waals surface area contributed by atoms with Crippen molar-refractivity contribution in [2.24, 2.45) is 7.05 Å². The van der Waals surface area contributed by atoms with Gasteiger partial charge in [0.1, 0.15) is 0 Å². The highest BCUT2D eigenvalue weighted by Crippen LogP contribution is 2.35. The van der Waals surface area contributed by atoms with E-state index >= 15 is 0 Å². The molecule has 5 aromatic rings. The fraction of sp³-hybridized carbons (Fsp3) is 0.240. The first-order chi connectivity index (χ1) is 18.0. The number of hydrogen-bond donors (Lipinski definition) is 2. The lowest BCUT2D eigenvalue weighted by molar-refractivity contribution is -0.0366. The number of nitrogens with zero attached hydrogens (tertiary/aromatic N) is 6. The lowest BCUT2D eigenvalue weighted by Crippen LogP contribution is -2.18. The summed E-state index contributed by atoms with van der Waals surface area (Å²) in [4.78, 5) is 12.4. The zero-order chi connectivity index (χ0) is 25.4. The summed E-state index contributed by atoms with van der Waals surface area (Å²) in [7, 11) is 1.75. The third-order valence-corrected chi connectivity index (χ3v) is 6.55.